The number of aryl methyl sites for hydroxylation is 1. The molecule has 0 saturated heterocycles. The molecule has 0 saturated carbocycles. The first kappa shape index (κ1) is 18.2. The SMILES string of the molecule is CCC[C@@H]1N=C(c2ccc(CC)cc2)C[C@H](c2cc(Br)ccc2O)N1. The van der Waals surface area contributed by atoms with Gasteiger partial charge in [0.1, 0.15) is 11.9 Å². The van der Waals surface area contributed by atoms with Crippen LogP contribution >= 0.6 is 15.9 Å². The molecule has 0 radical (unpaired) electrons. The summed E-state index contributed by atoms with van der Waals surface area (Å²) < 4.78 is 0.977. The van der Waals surface area contributed by atoms with E-state index in [1.807, 2.05) is 12.1 Å². The molecule has 0 spiro atoms. The van der Waals surface area contributed by atoms with E-state index in [1.165, 1.54) is 11.1 Å². The van der Waals surface area contributed by atoms with E-state index >= 15 is 0 Å². The molecule has 1 heterocycles. The lowest BCUT2D eigenvalue weighted by Gasteiger charge is -2.30. The second-order valence-electron chi connectivity index (χ2n) is 6.56. The van der Waals surface area contributed by atoms with Gasteiger partial charge in [0.25, 0.3) is 0 Å². The Labute approximate surface area is 158 Å². The van der Waals surface area contributed by atoms with E-state index in [-0.39, 0.29) is 12.2 Å². The van der Waals surface area contributed by atoms with Crippen molar-refractivity contribution in [1.82, 2.24) is 5.32 Å². The van der Waals surface area contributed by atoms with Gasteiger partial charge in [-0.15, -0.1) is 0 Å². The summed E-state index contributed by atoms with van der Waals surface area (Å²) in [5, 5.41) is 13.9. The van der Waals surface area contributed by atoms with E-state index in [1.54, 1.807) is 6.07 Å². The monoisotopic (exact) mass is 400 g/mol. The number of hydrogen-bond acceptors (Lipinski definition) is 3. The van der Waals surface area contributed by atoms with Gasteiger partial charge in [-0.2, -0.15) is 0 Å². The van der Waals surface area contributed by atoms with Crippen LogP contribution in [0.25, 0.3) is 0 Å². The summed E-state index contributed by atoms with van der Waals surface area (Å²) in [6.07, 6.45) is 3.96. The maximum atomic E-state index is 10.3. The van der Waals surface area contributed by atoms with Gasteiger partial charge in [0.05, 0.1) is 0 Å². The summed E-state index contributed by atoms with van der Waals surface area (Å²) in [4.78, 5) is 4.94. The van der Waals surface area contributed by atoms with Gasteiger partial charge in [-0.1, -0.05) is 60.5 Å². The zero-order valence-corrected chi connectivity index (χ0v) is 16.4. The van der Waals surface area contributed by atoms with Crippen LogP contribution in [0.3, 0.4) is 0 Å². The fourth-order valence-corrected chi connectivity index (χ4v) is 3.69. The Morgan fingerprint density at radius 2 is 1.92 bits per heavy atom. The van der Waals surface area contributed by atoms with Crippen molar-refractivity contribution in [3.8, 4) is 5.75 Å². The topological polar surface area (TPSA) is 44.6 Å². The zero-order valence-electron chi connectivity index (χ0n) is 14.8. The van der Waals surface area contributed by atoms with Crippen LogP contribution in [0.2, 0.25) is 0 Å². The van der Waals surface area contributed by atoms with Gasteiger partial charge in [0.2, 0.25) is 0 Å². The van der Waals surface area contributed by atoms with E-state index in [2.05, 4.69) is 59.4 Å². The van der Waals surface area contributed by atoms with Gasteiger partial charge < -0.3 is 5.11 Å². The minimum Gasteiger partial charge on any atom is -0.508 e. The molecule has 0 amide bonds. The van der Waals surface area contributed by atoms with Gasteiger partial charge >= 0.3 is 0 Å². The number of rotatable bonds is 5. The van der Waals surface area contributed by atoms with Crippen molar-refractivity contribution in [2.45, 2.75) is 51.7 Å². The fourth-order valence-electron chi connectivity index (χ4n) is 3.31. The van der Waals surface area contributed by atoms with Crippen LogP contribution in [-0.2, 0) is 6.42 Å². The molecule has 2 aromatic rings. The predicted octanol–water partition coefficient (Wildman–Crippen LogP) is 5.37. The molecule has 132 valence electrons. The van der Waals surface area contributed by atoms with Gasteiger partial charge in [0.15, 0.2) is 0 Å². The number of benzene rings is 2. The van der Waals surface area contributed by atoms with E-state index in [0.717, 1.165) is 41.4 Å². The van der Waals surface area contributed by atoms with Crippen LogP contribution in [0, 0.1) is 0 Å². The van der Waals surface area contributed by atoms with Crippen LogP contribution in [0.4, 0.5) is 0 Å². The number of aromatic hydroxyl groups is 1. The number of phenolic OH excluding ortho intramolecular Hbond substituents is 1. The van der Waals surface area contributed by atoms with Crippen molar-refractivity contribution in [2.75, 3.05) is 0 Å². The van der Waals surface area contributed by atoms with Crippen molar-refractivity contribution in [3.05, 3.63) is 63.6 Å². The molecule has 25 heavy (non-hydrogen) atoms. The minimum absolute atomic E-state index is 0.0624. The first-order chi connectivity index (χ1) is 12.1. The molecular weight excluding hydrogens is 376 g/mol. The van der Waals surface area contributed by atoms with E-state index in [9.17, 15) is 5.11 Å². The highest BCUT2D eigenvalue weighted by Gasteiger charge is 2.26. The maximum absolute atomic E-state index is 10.3. The van der Waals surface area contributed by atoms with Crippen molar-refractivity contribution >= 4 is 21.6 Å². The summed E-state index contributed by atoms with van der Waals surface area (Å²) in [5.41, 5.74) is 4.56. The van der Waals surface area contributed by atoms with Crippen molar-refractivity contribution in [3.63, 3.8) is 0 Å². The second kappa shape index (κ2) is 8.15. The Morgan fingerprint density at radius 1 is 1.16 bits per heavy atom. The third kappa shape index (κ3) is 4.31. The molecule has 0 bridgehead atoms. The molecule has 2 atom stereocenters. The number of phenols is 1. The van der Waals surface area contributed by atoms with Crippen LogP contribution in [0.1, 0.15) is 55.8 Å². The highest BCUT2D eigenvalue weighted by Crippen LogP contribution is 2.33. The lowest BCUT2D eigenvalue weighted by Crippen LogP contribution is -2.38. The van der Waals surface area contributed by atoms with Crippen LogP contribution in [0.5, 0.6) is 5.75 Å². The van der Waals surface area contributed by atoms with Gasteiger partial charge in [-0.25, -0.2) is 0 Å². The Morgan fingerprint density at radius 3 is 2.60 bits per heavy atom. The van der Waals surface area contributed by atoms with E-state index in [4.69, 9.17) is 4.99 Å². The average molecular weight is 401 g/mol. The third-order valence-electron chi connectivity index (χ3n) is 4.73. The lowest BCUT2D eigenvalue weighted by atomic mass is 9.93. The summed E-state index contributed by atoms with van der Waals surface area (Å²) in [6, 6.07) is 14.4. The Hall–Kier alpha value is -1.65. The van der Waals surface area contributed by atoms with Crippen LogP contribution in [-0.4, -0.2) is 17.0 Å². The molecular formula is C21H25BrN2O. The van der Waals surface area contributed by atoms with Crippen molar-refractivity contribution in [1.29, 1.82) is 0 Å². The fraction of sp³-hybridized carbons (Fsp3) is 0.381. The Balaban J connectivity index is 1.92. The highest BCUT2D eigenvalue weighted by atomic mass is 79.9. The van der Waals surface area contributed by atoms with E-state index in [0.29, 0.717) is 5.75 Å². The molecule has 0 aromatic heterocycles. The number of aliphatic imine (C=N–C) groups is 1. The molecule has 0 fully saturated rings. The highest BCUT2D eigenvalue weighted by molar-refractivity contribution is 9.10. The normalized spacial score (nSPS) is 20.4. The number of nitrogens with one attached hydrogen (secondary N) is 1. The molecule has 1 aliphatic heterocycles. The Bertz CT molecular complexity index is 755. The number of nitrogens with zero attached hydrogens (tertiary/aromatic N) is 1. The van der Waals surface area contributed by atoms with E-state index < -0.39 is 0 Å². The minimum atomic E-state index is 0.0624. The van der Waals surface area contributed by atoms with Crippen molar-refractivity contribution < 1.29 is 5.11 Å². The van der Waals surface area contributed by atoms with Gasteiger partial charge in [0, 0.05) is 28.2 Å². The molecule has 1 aliphatic rings. The summed E-state index contributed by atoms with van der Waals surface area (Å²) in [5.74, 6) is 0.332. The first-order valence-corrected chi connectivity index (χ1v) is 9.80. The third-order valence-corrected chi connectivity index (χ3v) is 5.22. The van der Waals surface area contributed by atoms with Crippen LogP contribution in [0.15, 0.2) is 51.9 Å². The molecule has 3 rings (SSSR count). The Kier molecular flexibility index (Phi) is 5.92. The van der Waals surface area contributed by atoms with Crippen molar-refractivity contribution in [2.24, 2.45) is 4.99 Å². The molecule has 2 aromatic carbocycles. The summed E-state index contributed by atoms with van der Waals surface area (Å²) >= 11 is 3.52. The number of hydrogen-bond donors (Lipinski definition) is 2. The molecule has 2 N–H and O–H groups in total. The smallest absolute Gasteiger partial charge is 0.120 e. The molecule has 0 aliphatic carbocycles. The standard InChI is InChI=1S/C21H25BrN2O/c1-3-5-21-23-18(15-8-6-14(4-2)7-9-15)13-19(24-21)17-12-16(22)10-11-20(17)25/h6-12,19,21,24-25H,3-5,13H2,1-2H3/t19-,21-/m1/s1. The number of halogens is 1. The lowest BCUT2D eigenvalue weighted by molar-refractivity contribution is 0.391. The molecule has 0 unspecified atom stereocenters. The summed E-state index contributed by atoms with van der Waals surface area (Å²) in [7, 11) is 0. The maximum Gasteiger partial charge on any atom is 0.120 e. The molecule has 4 heteroatoms. The quantitative estimate of drug-likeness (QED) is 0.708. The predicted molar refractivity (Wildman–Crippen MR) is 107 cm³/mol. The summed E-state index contributed by atoms with van der Waals surface area (Å²) in [6.45, 7) is 4.34. The average Bonchev–Trinajstić information content (AvgIpc) is 2.64. The second-order valence-corrected chi connectivity index (χ2v) is 7.47. The molecule has 3 nitrogen and oxygen atoms in total. The van der Waals surface area contributed by atoms with Crippen LogP contribution < -0.4 is 5.32 Å². The largest absolute Gasteiger partial charge is 0.508 e. The van der Waals surface area contributed by atoms with Gasteiger partial charge in [-0.05, 0) is 42.2 Å². The zero-order chi connectivity index (χ0) is 17.8. The first-order valence-electron chi connectivity index (χ1n) is 9.01. The van der Waals surface area contributed by atoms with Gasteiger partial charge in [-0.3, -0.25) is 10.3 Å².